The van der Waals surface area contributed by atoms with E-state index in [1.54, 1.807) is 13.0 Å². The van der Waals surface area contributed by atoms with Crippen molar-refractivity contribution in [1.82, 2.24) is 15.3 Å². The SMILES string of the molecule is Cc1nc(N)ccc1CCC(=O)[C@H](C)NC(=O)[C@@H]1CC[C@@H](Cc2cccc3cnccc23)C1. The van der Waals surface area contributed by atoms with Gasteiger partial charge in [0, 0.05) is 35.8 Å². The van der Waals surface area contributed by atoms with Gasteiger partial charge in [-0.3, -0.25) is 14.6 Å². The molecular weight excluding hydrogens is 412 g/mol. The van der Waals surface area contributed by atoms with Crippen LogP contribution < -0.4 is 11.1 Å². The van der Waals surface area contributed by atoms with Crippen LogP contribution in [0.5, 0.6) is 0 Å². The highest BCUT2D eigenvalue weighted by atomic mass is 16.2. The van der Waals surface area contributed by atoms with Gasteiger partial charge in [-0.1, -0.05) is 24.3 Å². The fraction of sp³-hybridized carbons (Fsp3) is 0.407. The second-order valence-electron chi connectivity index (χ2n) is 9.27. The van der Waals surface area contributed by atoms with E-state index in [9.17, 15) is 9.59 Å². The van der Waals surface area contributed by atoms with E-state index in [1.807, 2.05) is 25.4 Å². The third kappa shape index (κ3) is 5.56. The quantitative estimate of drug-likeness (QED) is 0.543. The normalized spacial score (nSPS) is 18.8. The summed E-state index contributed by atoms with van der Waals surface area (Å²) in [5, 5.41) is 5.36. The van der Waals surface area contributed by atoms with Crippen molar-refractivity contribution in [2.45, 2.75) is 58.4 Å². The van der Waals surface area contributed by atoms with Crippen molar-refractivity contribution in [2.75, 3.05) is 5.73 Å². The summed E-state index contributed by atoms with van der Waals surface area (Å²) in [5.41, 5.74) is 8.87. The van der Waals surface area contributed by atoms with Crippen molar-refractivity contribution in [3.8, 4) is 0 Å². The number of hydrogen-bond donors (Lipinski definition) is 2. The monoisotopic (exact) mass is 444 g/mol. The number of fused-ring (bicyclic) bond motifs is 1. The third-order valence-electron chi connectivity index (χ3n) is 6.89. The summed E-state index contributed by atoms with van der Waals surface area (Å²) in [6.07, 6.45) is 8.44. The number of Topliss-reactive ketones (excluding diaryl/α,β-unsaturated/α-hetero) is 1. The number of aryl methyl sites for hydroxylation is 2. The van der Waals surface area contributed by atoms with E-state index in [-0.39, 0.29) is 17.6 Å². The van der Waals surface area contributed by atoms with Gasteiger partial charge in [-0.25, -0.2) is 4.98 Å². The van der Waals surface area contributed by atoms with E-state index in [4.69, 9.17) is 5.73 Å². The molecule has 6 nitrogen and oxygen atoms in total. The molecule has 1 aromatic carbocycles. The number of nitrogen functional groups attached to an aromatic ring is 1. The Morgan fingerprint density at radius 2 is 2.00 bits per heavy atom. The van der Waals surface area contributed by atoms with Crippen LogP contribution in [-0.2, 0) is 22.4 Å². The zero-order valence-corrected chi connectivity index (χ0v) is 19.4. The molecule has 0 saturated heterocycles. The van der Waals surface area contributed by atoms with E-state index in [1.165, 1.54) is 10.9 Å². The fourth-order valence-corrected chi connectivity index (χ4v) is 4.94. The summed E-state index contributed by atoms with van der Waals surface area (Å²) in [6.45, 7) is 3.68. The van der Waals surface area contributed by atoms with Crippen molar-refractivity contribution >= 4 is 28.3 Å². The first-order chi connectivity index (χ1) is 15.9. The Labute approximate surface area is 195 Å². The van der Waals surface area contributed by atoms with E-state index in [2.05, 4.69) is 39.6 Å². The van der Waals surface area contributed by atoms with Crippen LogP contribution >= 0.6 is 0 Å². The molecule has 3 aromatic rings. The highest BCUT2D eigenvalue weighted by molar-refractivity contribution is 5.89. The average Bonchev–Trinajstić information content (AvgIpc) is 3.27. The lowest BCUT2D eigenvalue weighted by Gasteiger charge is -2.17. The van der Waals surface area contributed by atoms with Crippen LogP contribution in [-0.4, -0.2) is 27.7 Å². The number of carbonyl (C=O) groups is 2. The van der Waals surface area contributed by atoms with E-state index in [0.717, 1.165) is 42.3 Å². The van der Waals surface area contributed by atoms with Gasteiger partial charge in [0.1, 0.15) is 5.82 Å². The number of ketones is 1. The summed E-state index contributed by atoms with van der Waals surface area (Å²) >= 11 is 0. The number of rotatable bonds is 8. The number of amides is 1. The van der Waals surface area contributed by atoms with Gasteiger partial charge in [0.2, 0.25) is 5.91 Å². The number of aromatic nitrogens is 2. The first-order valence-corrected chi connectivity index (χ1v) is 11.8. The Kier molecular flexibility index (Phi) is 7.02. The van der Waals surface area contributed by atoms with Gasteiger partial charge >= 0.3 is 0 Å². The lowest BCUT2D eigenvalue weighted by molar-refractivity contribution is -0.129. The minimum Gasteiger partial charge on any atom is -0.384 e. The highest BCUT2D eigenvalue weighted by Crippen LogP contribution is 2.34. The molecule has 172 valence electrons. The molecule has 0 bridgehead atoms. The molecule has 2 aromatic heterocycles. The van der Waals surface area contributed by atoms with Gasteiger partial charge in [-0.2, -0.15) is 0 Å². The number of nitrogens with two attached hydrogens (primary N) is 1. The maximum absolute atomic E-state index is 12.8. The Morgan fingerprint density at radius 1 is 1.15 bits per heavy atom. The first kappa shape index (κ1) is 22.9. The van der Waals surface area contributed by atoms with Gasteiger partial charge in [0.25, 0.3) is 0 Å². The van der Waals surface area contributed by atoms with Crippen LogP contribution in [0.3, 0.4) is 0 Å². The molecule has 6 heteroatoms. The number of pyridine rings is 2. The molecule has 4 rings (SSSR count). The molecule has 1 fully saturated rings. The first-order valence-electron chi connectivity index (χ1n) is 11.8. The van der Waals surface area contributed by atoms with Gasteiger partial charge in [-0.05, 0) is 80.5 Å². The summed E-state index contributed by atoms with van der Waals surface area (Å²) in [5.74, 6) is 0.983. The van der Waals surface area contributed by atoms with Crippen LogP contribution in [0.1, 0.15) is 49.4 Å². The lowest BCUT2D eigenvalue weighted by atomic mass is 9.93. The molecule has 1 aliphatic carbocycles. The summed E-state index contributed by atoms with van der Waals surface area (Å²) in [6, 6.07) is 11.6. The molecule has 1 saturated carbocycles. The van der Waals surface area contributed by atoms with Crippen molar-refractivity contribution in [3.63, 3.8) is 0 Å². The number of benzene rings is 1. The second-order valence-corrected chi connectivity index (χ2v) is 9.27. The number of anilines is 1. The van der Waals surface area contributed by atoms with Crippen LogP contribution in [0.15, 0.2) is 48.8 Å². The van der Waals surface area contributed by atoms with Gasteiger partial charge in [0.15, 0.2) is 5.78 Å². The molecule has 3 atom stereocenters. The smallest absolute Gasteiger partial charge is 0.223 e. The Hall–Kier alpha value is -3.28. The lowest BCUT2D eigenvalue weighted by Crippen LogP contribution is -2.41. The number of hydrogen-bond acceptors (Lipinski definition) is 5. The third-order valence-corrected chi connectivity index (χ3v) is 6.89. The highest BCUT2D eigenvalue weighted by Gasteiger charge is 2.31. The minimum atomic E-state index is -0.482. The molecule has 0 radical (unpaired) electrons. The van der Waals surface area contributed by atoms with Crippen LogP contribution in [0.2, 0.25) is 0 Å². The topological polar surface area (TPSA) is 98.0 Å². The molecule has 0 unspecified atom stereocenters. The maximum Gasteiger partial charge on any atom is 0.223 e. The number of nitrogens with one attached hydrogen (secondary N) is 1. The Bertz CT molecular complexity index is 1150. The van der Waals surface area contributed by atoms with Gasteiger partial charge in [-0.15, -0.1) is 0 Å². The van der Waals surface area contributed by atoms with Crippen molar-refractivity contribution in [2.24, 2.45) is 11.8 Å². The number of carbonyl (C=O) groups excluding carboxylic acids is 2. The average molecular weight is 445 g/mol. The summed E-state index contributed by atoms with van der Waals surface area (Å²) in [7, 11) is 0. The van der Waals surface area contributed by atoms with E-state index in [0.29, 0.717) is 24.6 Å². The molecule has 1 amide bonds. The fourth-order valence-electron chi connectivity index (χ4n) is 4.94. The predicted molar refractivity (Wildman–Crippen MR) is 131 cm³/mol. The summed E-state index contributed by atoms with van der Waals surface area (Å²) in [4.78, 5) is 33.9. The van der Waals surface area contributed by atoms with Crippen LogP contribution in [0.25, 0.3) is 10.8 Å². The molecule has 33 heavy (non-hydrogen) atoms. The summed E-state index contributed by atoms with van der Waals surface area (Å²) < 4.78 is 0. The molecule has 0 spiro atoms. The maximum atomic E-state index is 12.8. The van der Waals surface area contributed by atoms with E-state index < -0.39 is 6.04 Å². The van der Waals surface area contributed by atoms with Crippen molar-refractivity contribution in [1.29, 1.82) is 0 Å². The molecule has 3 N–H and O–H groups in total. The Morgan fingerprint density at radius 3 is 2.82 bits per heavy atom. The van der Waals surface area contributed by atoms with Crippen LogP contribution in [0.4, 0.5) is 5.82 Å². The zero-order valence-electron chi connectivity index (χ0n) is 19.4. The van der Waals surface area contributed by atoms with Gasteiger partial charge < -0.3 is 11.1 Å². The molecule has 1 aliphatic rings. The standard InChI is InChI=1S/C27H32N4O2/c1-17-20(9-11-26(28)30-17)8-10-25(32)18(2)31-27(33)22-7-6-19(15-22)14-21-4-3-5-23-16-29-13-12-24(21)23/h3-5,9,11-13,16,18-19,22H,6-8,10,14-15H2,1-2H3,(H2,28,30)(H,31,33)/t18-,19-,22+/m0/s1. The van der Waals surface area contributed by atoms with E-state index >= 15 is 0 Å². The van der Waals surface area contributed by atoms with Gasteiger partial charge in [0.05, 0.1) is 6.04 Å². The Balaban J connectivity index is 1.27. The molecule has 0 aliphatic heterocycles. The second kappa shape index (κ2) is 10.1. The van der Waals surface area contributed by atoms with Crippen molar-refractivity contribution in [3.05, 3.63) is 65.6 Å². The van der Waals surface area contributed by atoms with Crippen LogP contribution in [0, 0.1) is 18.8 Å². The molecule has 2 heterocycles. The number of nitrogens with zero attached hydrogens (tertiary/aromatic N) is 2. The predicted octanol–water partition coefficient (Wildman–Crippen LogP) is 4.19. The minimum absolute atomic E-state index is 0.00537. The van der Waals surface area contributed by atoms with Crippen molar-refractivity contribution < 1.29 is 9.59 Å². The largest absolute Gasteiger partial charge is 0.384 e. The molecular formula is C27H32N4O2. The zero-order chi connectivity index (χ0) is 23.4.